The van der Waals surface area contributed by atoms with Crippen LogP contribution in [0.1, 0.15) is 88.0 Å². The Morgan fingerprint density at radius 2 is 1.67 bits per heavy atom. The summed E-state index contributed by atoms with van der Waals surface area (Å²) in [6.07, 6.45) is 7.94. The summed E-state index contributed by atoms with van der Waals surface area (Å²) < 4.78 is 16.3. The van der Waals surface area contributed by atoms with Crippen molar-refractivity contribution in [1.82, 2.24) is 0 Å². The van der Waals surface area contributed by atoms with E-state index in [4.69, 9.17) is 14.2 Å². The van der Waals surface area contributed by atoms with Gasteiger partial charge in [0.1, 0.15) is 5.78 Å². The maximum Gasteiger partial charge on any atom is 0.146 e. The molecule has 0 aliphatic rings. The lowest BCUT2D eigenvalue weighted by Gasteiger charge is -2.36. The highest BCUT2D eigenvalue weighted by Crippen LogP contribution is 2.33. The highest BCUT2D eigenvalue weighted by molar-refractivity contribution is 5.87. The summed E-state index contributed by atoms with van der Waals surface area (Å²) in [5.41, 5.74) is 1.90. The summed E-state index contributed by atoms with van der Waals surface area (Å²) in [5, 5.41) is 10.9. The third-order valence-electron chi connectivity index (χ3n) is 6.98. The molecule has 0 spiro atoms. The molecule has 0 fully saturated rings. The number of hydrogen-bond donors (Lipinski definition) is 1. The van der Waals surface area contributed by atoms with Gasteiger partial charge in [0, 0.05) is 39.3 Å². The molecule has 0 heterocycles. The zero-order valence-electron chi connectivity index (χ0n) is 22.4. The van der Waals surface area contributed by atoms with Crippen LogP contribution in [0.15, 0.2) is 23.3 Å². The van der Waals surface area contributed by atoms with Crippen LogP contribution in [-0.2, 0) is 19.0 Å². The first-order valence-corrected chi connectivity index (χ1v) is 12.0. The normalized spacial score (nSPS) is 17.7. The molecule has 0 aliphatic heterocycles. The zero-order chi connectivity index (χ0) is 24.9. The molecule has 0 radical (unpaired) electrons. The molecule has 0 saturated carbocycles. The van der Waals surface area contributed by atoms with Crippen molar-refractivity contribution >= 4 is 5.78 Å². The van der Waals surface area contributed by atoms with E-state index in [1.54, 1.807) is 21.3 Å². The Morgan fingerprint density at radius 3 is 2.15 bits per heavy atom. The number of rotatable bonds is 17. The van der Waals surface area contributed by atoms with Crippen molar-refractivity contribution in [2.75, 3.05) is 27.9 Å². The van der Waals surface area contributed by atoms with E-state index in [0.29, 0.717) is 13.0 Å². The predicted molar refractivity (Wildman–Crippen MR) is 140 cm³/mol. The van der Waals surface area contributed by atoms with Crippen LogP contribution in [0, 0.1) is 17.3 Å². The van der Waals surface area contributed by atoms with E-state index in [2.05, 4.69) is 26.0 Å². The lowest BCUT2D eigenvalue weighted by molar-refractivity contribution is -0.144. The second kappa shape index (κ2) is 17.4. The topological polar surface area (TPSA) is 65.0 Å². The monoisotopic (exact) mass is 470 g/mol. The summed E-state index contributed by atoms with van der Waals surface area (Å²) in [4.78, 5) is 13.2. The van der Waals surface area contributed by atoms with Crippen LogP contribution in [0.3, 0.4) is 0 Å². The molecule has 0 amide bonds. The minimum atomic E-state index is -0.685. The Morgan fingerprint density at radius 1 is 1.06 bits per heavy atom. The smallest absolute Gasteiger partial charge is 0.146 e. The summed E-state index contributed by atoms with van der Waals surface area (Å²) in [7, 11) is 5.02. The summed E-state index contributed by atoms with van der Waals surface area (Å²) in [6.45, 7) is 14.5. The molecule has 0 aromatic rings. The Labute approximate surface area is 205 Å². The van der Waals surface area contributed by atoms with E-state index >= 15 is 0 Å². The van der Waals surface area contributed by atoms with E-state index < -0.39 is 17.4 Å². The molecular formula is C28H54O5. The number of aliphatic hydroxyl groups excluding tert-OH is 1. The van der Waals surface area contributed by atoms with Gasteiger partial charge in [-0.3, -0.25) is 4.79 Å². The summed E-state index contributed by atoms with van der Waals surface area (Å²) >= 11 is 0. The van der Waals surface area contributed by atoms with Gasteiger partial charge in [-0.15, -0.1) is 0 Å². The lowest BCUT2D eigenvalue weighted by Crippen LogP contribution is -2.45. The van der Waals surface area contributed by atoms with Crippen molar-refractivity contribution in [3.05, 3.63) is 23.3 Å². The molecule has 196 valence electrons. The van der Waals surface area contributed by atoms with Crippen molar-refractivity contribution in [1.29, 1.82) is 0 Å². The Balaban J connectivity index is 0. The SMILES string of the molecule is C.C/C=C(\C)C(CC=C(C)CCCC(C)C(O)C(C)C(=O)C(C)(C)C(CCOC)OC)OC. The van der Waals surface area contributed by atoms with Crippen molar-refractivity contribution in [2.24, 2.45) is 17.3 Å². The molecule has 0 aromatic heterocycles. The van der Waals surface area contributed by atoms with E-state index in [-0.39, 0.29) is 31.3 Å². The highest BCUT2D eigenvalue weighted by atomic mass is 16.5. The number of Topliss-reactive ketones (excluding diaryl/α,β-unsaturated/α-hetero) is 1. The zero-order valence-corrected chi connectivity index (χ0v) is 22.4. The fourth-order valence-corrected chi connectivity index (χ4v) is 4.33. The number of carbonyl (C=O) groups excluding carboxylic acids is 1. The largest absolute Gasteiger partial charge is 0.392 e. The lowest BCUT2D eigenvalue weighted by atomic mass is 9.73. The van der Waals surface area contributed by atoms with Gasteiger partial charge in [0.25, 0.3) is 0 Å². The van der Waals surface area contributed by atoms with Crippen molar-refractivity contribution in [2.45, 2.75) is 106 Å². The Bertz CT molecular complexity index is 593. The van der Waals surface area contributed by atoms with Gasteiger partial charge in [-0.2, -0.15) is 0 Å². The number of hydrogen-bond acceptors (Lipinski definition) is 5. The molecule has 5 nitrogen and oxygen atoms in total. The van der Waals surface area contributed by atoms with Gasteiger partial charge in [0.15, 0.2) is 0 Å². The van der Waals surface area contributed by atoms with E-state index in [1.165, 1.54) is 11.1 Å². The third kappa shape index (κ3) is 11.3. The molecule has 33 heavy (non-hydrogen) atoms. The third-order valence-corrected chi connectivity index (χ3v) is 6.98. The van der Waals surface area contributed by atoms with Gasteiger partial charge in [-0.1, -0.05) is 52.8 Å². The Hall–Kier alpha value is -1.01. The number of methoxy groups -OCH3 is 3. The molecule has 0 aromatic carbocycles. The van der Waals surface area contributed by atoms with Crippen LogP contribution in [0.4, 0.5) is 0 Å². The molecular weight excluding hydrogens is 416 g/mol. The van der Waals surface area contributed by atoms with E-state index in [0.717, 1.165) is 25.7 Å². The maximum atomic E-state index is 13.2. The molecule has 0 bridgehead atoms. The van der Waals surface area contributed by atoms with Crippen molar-refractivity contribution in [3.63, 3.8) is 0 Å². The summed E-state index contributed by atoms with van der Waals surface area (Å²) in [5.74, 6) is -0.349. The van der Waals surface area contributed by atoms with Gasteiger partial charge in [-0.25, -0.2) is 0 Å². The fourth-order valence-electron chi connectivity index (χ4n) is 4.33. The number of ether oxygens (including phenoxy) is 3. The standard InChI is InChI=1S/C27H50O5.CH4/c1-11-20(3)23(31-9)16-15-19(2)13-12-14-21(4)25(28)22(5)26(29)27(6,7)24(32-10)17-18-30-8;/h11,15,21-25,28H,12-14,16-18H2,1-10H3;1H4/b19-15?,20-11+;. The van der Waals surface area contributed by atoms with Crippen LogP contribution in [0.5, 0.6) is 0 Å². The van der Waals surface area contributed by atoms with Crippen LogP contribution < -0.4 is 0 Å². The second-order valence-corrected chi connectivity index (χ2v) is 9.78. The van der Waals surface area contributed by atoms with Crippen LogP contribution in [0.2, 0.25) is 0 Å². The molecule has 5 heteroatoms. The van der Waals surface area contributed by atoms with Crippen LogP contribution in [-0.4, -0.2) is 57.1 Å². The first-order valence-electron chi connectivity index (χ1n) is 12.0. The number of aliphatic hydroxyl groups is 1. The van der Waals surface area contributed by atoms with Crippen LogP contribution in [0.25, 0.3) is 0 Å². The molecule has 5 unspecified atom stereocenters. The number of carbonyl (C=O) groups is 1. The molecule has 5 atom stereocenters. The van der Waals surface area contributed by atoms with Gasteiger partial charge in [0.05, 0.1) is 18.3 Å². The number of ketones is 1. The molecule has 0 aliphatic carbocycles. The van der Waals surface area contributed by atoms with Crippen molar-refractivity contribution < 1.29 is 24.1 Å². The number of allylic oxidation sites excluding steroid dienone is 2. The second-order valence-electron chi connectivity index (χ2n) is 9.78. The predicted octanol–water partition coefficient (Wildman–Crippen LogP) is 6.39. The van der Waals surface area contributed by atoms with Gasteiger partial charge in [-0.05, 0) is 64.4 Å². The van der Waals surface area contributed by atoms with Gasteiger partial charge in [0.2, 0.25) is 0 Å². The molecule has 0 rings (SSSR count). The maximum absolute atomic E-state index is 13.2. The van der Waals surface area contributed by atoms with E-state index in [1.807, 2.05) is 34.6 Å². The minimum absolute atomic E-state index is 0. The first-order chi connectivity index (χ1) is 15.0. The van der Waals surface area contributed by atoms with Gasteiger partial charge < -0.3 is 19.3 Å². The average molecular weight is 471 g/mol. The molecule has 0 saturated heterocycles. The summed E-state index contributed by atoms with van der Waals surface area (Å²) in [6, 6.07) is 0. The minimum Gasteiger partial charge on any atom is -0.392 e. The van der Waals surface area contributed by atoms with Gasteiger partial charge >= 0.3 is 0 Å². The van der Waals surface area contributed by atoms with E-state index in [9.17, 15) is 9.90 Å². The molecule has 1 N–H and O–H groups in total. The van der Waals surface area contributed by atoms with Crippen LogP contribution >= 0.6 is 0 Å². The highest BCUT2D eigenvalue weighted by Gasteiger charge is 2.41. The quantitative estimate of drug-likeness (QED) is 0.250. The average Bonchev–Trinajstić information content (AvgIpc) is 2.77. The van der Waals surface area contributed by atoms with Crippen molar-refractivity contribution in [3.8, 4) is 0 Å². The first kappa shape index (κ1) is 34.2. The Kier molecular flexibility index (Phi) is 18.0. The fraction of sp³-hybridized carbons (Fsp3) is 0.821.